The summed E-state index contributed by atoms with van der Waals surface area (Å²) >= 11 is 9.05. The van der Waals surface area contributed by atoms with Crippen LogP contribution in [0.2, 0.25) is 0 Å². The Morgan fingerprint density at radius 1 is 1.25 bits per heavy atom. The molecule has 0 aliphatic carbocycles. The molecule has 1 heterocycles. The molecular weight excluding hydrogens is 455 g/mol. The van der Waals surface area contributed by atoms with Crippen LogP contribution in [-0.4, -0.2) is 13.9 Å². The molecule has 3 aromatic rings. The lowest BCUT2D eigenvalue weighted by atomic mass is 10.0. The van der Waals surface area contributed by atoms with Crippen LogP contribution in [0.5, 0.6) is 0 Å². The second kappa shape index (κ2) is 6.84. The standard InChI is InChI=1S/C17H9IN2O2S2/c18-20-14-6-5-12(8-15(14)24-17(20)23)11-3-1-10(2-4-11)7-13(9-19)16(21)22/h1-8H,(H,21,22)/b13-7+. The molecule has 0 aliphatic heterocycles. The predicted octanol–water partition coefficient (Wildman–Crippen LogP) is 5.29. The average molecular weight is 464 g/mol. The zero-order valence-electron chi connectivity index (χ0n) is 12.1. The maximum Gasteiger partial charge on any atom is 0.346 e. The molecule has 0 radical (unpaired) electrons. The Morgan fingerprint density at radius 3 is 2.54 bits per heavy atom. The van der Waals surface area contributed by atoms with Gasteiger partial charge in [0, 0.05) is 0 Å². The van der Waals surface area contributed by atoms with Gasteiger partial charge in [0.25, 0.3) is 0 Å². The monoisotopic (exact) mass is 464 g/mol. The predicted molar refractivity (Wildman–Crippen MR) is 107 cm³/mol. The Hall–Kier alpha value is -2.02. The molecule has 0 amide bonds. The van der Waals surface area contributed by atoms with E-state index >= 15 is 0 Å². The van der Waals surface area contributed by atoms with Crippen molar-refractivity contribution < 1.29 is 9.90 Å². The van der Waals surface area contributed by atoms with Gasteiger partial charge in [0.2, 0.25) is 0 Å². The topological polar surface area (TPSA) is 66.0 Å². The summed E-state index contributed by atoms with van der Waals surface area (Å²) in [4.78, 5) is 10.9. The van der Waals surface area contributed by atoms with Crippen molar-refractivity contribution in [3.63, 3.8) is 0 Å². The average Bonchev–Trinajstić information content (AvgIpc) is 2.87. The molecule has 4 nitrogen and oxygen atoms in total. The van der Waals surface area contributed by atoms with E-state index in [4.69, 9.17) is 22.6 Å². The third-order valence-electron chi connectivity index (χ3n) is 3.43. The summed E-state index contributed by atoms with van der Waals surface area (Å²) in [6, 6.07) is 15.2. The minimum Gasteiger partial charge on any atom is -0.477 e. The summed E-state index contributed by atoms with van der Waals surface area (Å²) in [6.45, 7) is 0. The van der Waals surface area contributed by atoms with Gasteiger partial charge in [-0.2, -0.15) is 5.26 Å². The van der Waals surface area contributed by atoms with Gasteiger partial charge in [-0.1, -0.05) is 30.3 Å². The molecule has 0 spiro atoms. The van der Waals surface area contributed by atoms with E-state index < -0.39 is 5.97 Å². The molecule has 0 fully saturated rings. The van der Waals surface area contributed by atoms with Crippen molar-refractivity contribution >= 4 is 68.7 Å². The van der Waals surface area contributed by atoms with Crippen molar-refractivity contribution in [1.82, 2.24) is 2.78 Å². The van der Waals surface area contributed by atoms with Crippen molar-refractivity contribution in [2.24, 2.45) is 0 Å². The van der Waals surface area contributed by atoms with E-state index in [2.05, 4.69) is 28.9 Å². The Morgan fingerprint density at radius 2 is 1.92 bits per heavy atom. The molecule has 0 unspecified atom stereocenters. The number of halogens is 1. The fourth-order valence-corrected chi connectivity index (χ4v) is 4.31. The van der Waals surface area contributed by atoms with E-state index in [-0.39, 0.29) is 5.57 Å². The van der Waals surface area contributed by atoms with Crippen molar-refractivity contribution in [1.29, 1.82) is 5.26 Å². The van der Waals surface area contributed by atoms with Crippen LogP contribution in [0, 0.1) is 15.3 Å². The third kappa shape index (κ3) is 3.26. The quantitative estimate of drug-likeness (QED) is 0.248. The minimum absolute atomic E-state index is 0.285. The lowest BCUT2D eigenvalue weighted by Gasteiger charge is -2.03. The Labute approximate surface area is 160 Å². The fraction of sp³-hybridized carbons (Fsp3) is 0. The Bertz CT molecular complexity index is 1070. The van der Waals surface area contributed by atoms with Crippen LogP contribution >= 0.6 is 46.4 Å². The highest BCUT2D eigenvalue weighted by atomic mass is 127. The van der Waals surface area contributed by atoms with Gasteiger partial charge >= 0.3 is 5.97 Å². The Kier molecular flexibility index (Phi) is 4.80. The normalized spacial score (nSPS) is 11.4. The molecule has 2 aromatic carbocycles. The van der Waals surface area contributed by atoms with Gasteiger partial charge in [-0.3, -0.25) is 2.78 Å². The molecule has 24 heavy (non-hydrogen) atoms. The van der Waals surface area contributed by atoms with Crippen LogP contribution < -0.4 is 0 Å². The van der Waals surface area contributed by atoms with Gasteiger partial charge in [0.05, 0.1) is 33.1 Å². The van der Waals surface area contributed by atoms with E-state index in [1.54, 1.807) is 29.5 Å². The van der Waals surface area contributed by atoms with Gasteiger partial charge in [-0.05, 0) is 47.1 Å². The number of aromatic nitrogens is 1. The molecule has 0 saturated heterocycles. The van der Waals surface area contributed by atoms with E-state index in [1.807, 2.05) is 27.0 Å². The van der Waals surface area contributed by atoms with Crippen LogP contribution in [-0.2, 0) is 4.79 Å². The smallest absolute Gasteiger partial charge is 0.346 e. The zero-order valence-corrected chi connectivity index (χ0v) is 15.9. The highest BCUT2D eigenvalue weighted by Gasteiger charge is 2.07. The highest BCUT2D eigenvalue weighted by molar-refractivity contribution is 14.1. The fourth-order valence-electron chi connectivity index (χ4n) is 2.25. The van der Waals surface area contributed by atoms with E-state index in [0.717, 1.165) is 25.3 Å². The summed E-state index contributed by atoms with van der Waals surface area (Å²) < 4.78 is 3.90. The number of nitrogens with zero attached hydrogens (tertiary/aromatic N) is 2. The first kappa shape index (κ1) is 16.8. The highest BCUT2D eigenvalue weighted by Crippen LogP contribution is 2.30. The number of nitriles is 1. The number of carboxylic acids is 1. The maximum atomic E-state index is 10.9. The van der Waals surface area contributed by atoms with Crippen LogP contribution in [0.25, 0.3) is 27.4 Å². The van der Waals surface area contributed by atoms with Crippen LogP contribution in [0.4, 0.5) is 0 Å². The first-order valence-corrected chi connectivity index (χ1v) is 8.96. The molecule has 0 saturated carbocycles. The minimum atomic E-state index is -1.23. The second-order valence-corrected chi connectivity index (χ2v) is 7.57. The van der Waals surface area contributed by atoms with Crippen LogP contribution in [0.1, 0.15) is 5.56 Å². The lowest BCUT2D eigenvalue weighted by molar-refractivity contribution is -0.132. The molecular formula is C17H9IN2O2S2. The molecule has 118 valence electrons. The number of carboxylic acid groups (broad SMARTS) is 1. The zero-order chi connectivity index (χ0) is 17.3. The molecule has 0 aliphatic rings. The van der Waals surface area contributed by atoms with Crippen molar-refractivity contribution in [2.45, 2.75) is 0 Å². The number of benzene rings is 2. The van der Waals surface area contributed by atoms with Gasteiger partial charge in [0.1, 0.15) is 11.6 Å². The maximum absolute atomic E-state index is 10.9. The van der Waals surface area contributed by atoms with E-state index in [1.165, 1.54) is 6.08 Å². The summed E-state index contributed by atoms with van der Waals surface area (Å²) in [5.41, 5.74) is 3.56. The van der Waals surface area contributed by atoms with Crippen LogP contribution in [0.3, 0.4) is 0 Å². The second-order valence-electron chi connectivity index (χ2n) is 4.93. The Balaban J connectivity index is 1.98. The van der Waals surface area contributed by atoms with Crippen molar-refractivity contribution in [3.8, 4) is 17.2 Å². The number of thiazole rings is 1. The van der Waals surface area contributed by atoms with Gasteiger partial charge in [-0.25, -0.2) is 4.79 Å². The number of fused-ring (bicyclic) bond motifs is 1. The summed E-state index contributed by atoms with van der Waals surface area (Å²) in [7, 11) is 0. The first-order valence-electron chi connectivity index (χ1n) is 6.77. The van der Waals surface area contributed by atoms with Crippen molar-refractivity contribution in [2.75, 3.05) is 0 Å². The molecule has 3 rings (SSSR count). The van der Waals surface area contributed by atoms with Crippen molar-refractivity contribution in [3.05, 3.63) is 57.6 Å². The first-order chi connectivity index (χ1) is 11.5. The van der Waals surface area contributed by atoms with Crippen LogP contribution in [0.15, 0.2) is 48.0 Å². The molecule has 0 atom stereocenters. The number of carbonyl (C=O) groups is 1. The van der Waals surface area contributed by atoms with Gasteiger partial charge in [-0.15, -0.1) is 11.3 Å². The lowest BCUT2D eigenvalue weighted by Crippen LogP contribution is -1.97. The number of aliphatic carboxylic acids is 1. The van der Waals surface area contributed by atoms with Gasteiger partial charge < -0.3 is 5.11 Å². The number of hydrogen-bond acceptors (Lipinski definition) is 4. The van der Waals surface area contributed by atoms with E-state index in [0.29, 0.717) is 5.56 Å². The van der Waals surface area contributed by atoms with Gasteiger partial charge in [0.15, 0.2) is 3.95 Å². The molecule has 1 aromatic heterocycles. The molecule has 0 bridgehead atoms. The summed E-state index contributed by atoms with van der Waals surface area (Å²) in [5, 5.41) is 17.7. The SMILES string of the molecule is N#C/C(=C\c1ccc(-c2ccc3c(c2)sc(=S)n3I)cc1)C(=O)O. The summed E-state index contributed by atoms with van der Waals surface area (Å²) in [6.07, 6.45) is 1.36. The third-order valence-corrected chi connectivity index (χ3v) is 6.43. The largest absolute Gasteiger partial charge is 0.477 e. The molecule has 1 N–H and O–H groups in total. The van der Waals surface area contributed by atoms with E-state index in [9.17, 15) is 4.79 Å². The molecule has 7 heteroatoms. The number of hydrogen-bond donors (Lipinski definition) is 1. The number of rotatable bonds is 3. The summed E-state index contributed by atoms with van der Waals surface area (Å²) in [5.74, 6) is -1.23.